The van der Waals surface area contributed by atoms with Gasteiger partial charge in [0.2, 0.25) is 11.7 Å². The van der Waals surface area contributed by atoms with Gasteiger partial charge in [-0.25, -0.2) is 13.8 Å². The molecule has 42 heavy (non-hydrogen) atoms. The van der Waals surface area contributed by atoms with Crippen LogP contribution >= 0.6 is 11.6 Å². The van der Waals surface area contributed by atoms with Gasteiger partial charge in [0.05, 0.1) is 36.1 Å². The molecular formula is C29H36ClF2N7O3. The van der Waals surface area contributed by atoms with E-state index in [-0.39, 0.29) is 24.3 Å². The van der Waals surface area contributed by atoms with E-state index in [1.54, 1.807) is 24.1 Å². The van der Waals surface area contributed by atoms with E-state index in [0.29, 0.717) is 65.0 Å². The van der Waals surface area contributed by atoms with Gasteiger partial charge >= 0.3 is 5.92 Å². The maximum absolute atomic E-state index is 15.7. The smallest absolute Gasteiger partial charge is 0.301 e. The van der Waals surface area contributed by atoms with Gasteiger partial charge in [-0.2, -0.15) is 4.98 Å². The van der Waals surface area contributed by atoms with Crippen LogP contribution in [0.15, 0.2) is 29.2 Å². The van der Waals surface area contributed by atoms with Gasteiger partial charge in [-0.05, 0) is 57.7 Å². The summed E-state index contributed by atoms with van der Waals surface area (Å²) in [7, 11) is 1.61. The molecule has 1 saturated heterocycles. The van der Waals surface area contributed by atoms with Crippen molar-refractivity contribution in [3.05, 3.63) is 39.8 Å². The number of fused-ring (bicyclic) bond motifs is 3. The lowest BCUT2D eigenvalue weighted by Crippen LogP contribution is -2.57. The number of nitrogens with one attached hydrogen (secondary N) is 2. The first-order chi connectivity index (χ1) is 19.9. The van der Waals surface area contributed by atoms with Gasteiger partial charge in [-0.3, -0.25) is 4.79 Å². The number of hydrogen-bond donors (Lipinski definition) is 3. The molecule has 2 fully saturated rings. The molecule has 1 aromatic carbocycles. The van der Waals surface area contributed by atoms with E-state index in [0.717, 1.165) is 6.54 Å². The van der Waals surface area contributed by atoms with Crippen LogP contribution in [0.25, 0.3) is 10.9 Å². The Morgan fingerprint density at radius 2 is 2.05 bits per heavy atom. The molecule has 0 spiro atoms. The predicted molar refractivity (Wildman–Crippen MR) is 160 cm³/mol. The molecule has 2 atom stereocenters. The highest BCUT2D eigenvalue weighted by Gasteiger charge is 2.56. The van der Waals surface area contributed by atoms with Crippen LogP contribution in [0.5, 0.6) is 5.75 Å². The lowest BCUT2D eigenvalue weighted by molar-refractivity contribution is -0.0678. The molecule has 2 aromatic heterocycles. The molecule has 10 nitrogen and oxygen atoms in total. The lowest BCUT2D eigenvalue weighted by Gasteiger charge is -2.45. The second-order valence-electron chi connectivity index (χ2n) is 12.4. The zero-order valence-corrected chi connectivity index (χ0v) is 24.9. The number of pyridine rings is 1. The summed E-state index contributed by atoms with van der Waals surface area (Å²) in [6, 6.07) is 4.11. The van der Waals surface area contributed by atoms with E-state index in [2.05, 4.69) is 20.6 Å². The highest BCUT2D eigenvalue weighted by molar-refractivity contribution is 6.33. The number of anilines is 4. The monoisotopic (exact) mass is 603 g/mol. The number of aliphatic hydroxyl groups excluding tert-OH is 1. The molecule has 6 rings (SSSR count). The Morgan fingerprint density at radius 3 is 2.74 bits per heavy atom. The van der Waals surface area contributed by atoms with Gasteiger partial charge < -0.3 is 34.8 Å². The zero-order chi connectivity index (χ0) is 30.0. The third kappa shape index (κ3) is 5.03. The first-order valence-corrected chi connectivity index (χ1v) is 14.6. The number of aromatic nitrogens is 3. The molecule has 0 unspecified atom stereocenters. The minimum Gasteiger partial charge on any atom is -0.480 e. The third-order valence-electron chi connectivity index (χ3n) is 8.29. The molecule has 3 N–H and O–H groups in total. The van der Waals surface area contributed by atoms with E-state index >= 15 is 8.78 Å². The lowest BCUT2D eigenvalue weighted by atomic mass is 9.94. The van der Waals surface area contributed by atoms with Gasteiger partial charge in [0.15, 0.2) is 12.4 Å². The fourth-order valence-electron chi connectivity index (χ4n) is 6.16. The van der Waals surface area contributed by atoms with Crippen LogP contribution in [-0.2, 0) is 7.05 Å². The molecule has 0 amide bonds. The Hall–Kier alpha value is -3.22. The highest BCUT2D eigenvalue weighted by Crippen LogP contribution is 2.51. The Balaban J connectivity index is 1.48. The van der Waals surface area contributed by atoms with Crippen molar-refractivity contribution in [2.75, 3.05) is 48.0 Å². The van der Waals surface area contributed by atoms with Gasteiger partial charge in [-0.15, -0.1) is 0 Å². The average molecular weight is 604 g/mol. The van der Waals surface area contributed by atoms with E-state index in [1.807, 2.05) is 31.7 Å². The standard InChI is InChI=1S/C29H36ClF2N7O3/c1-28(2,3)39-22-19-11-17(35-25-20(30)13-34-27(36-25)38-10-9-33-12-18(38)14-40)7-8-21(19)37(4)26(41)23(22)42-15-29(31,32)24(39)16-5-6-16/h7-8,11,13,16,18,24,33,40H,5-6,9-10,12,14-15H2,1-4H3,(H,34,35,36)/t18-,24+/m1/s1. The molecule has 1 aliphatic carbocycles. The van der Waals surface area contributed by atoms with Crippen LogP contribution in [-0.4, -0.2) is 76.0 Å². The Bertz CT molecular complexity index is 1570. The van der Waals surface area contributed by atoms with Crippen molar-refractivity contribution >= 4 is 45.6 Å². The van der Waals surface area contributed by atoms with Crippen LogP contribution < -0.4 is 30.7 Å². The van der Waals surface area contributed by atoms with E-state index in [4.69, 9.17) is 16.3 Å². The topological polar surface area (TPSA) is 108 Å². The van der Waals surface area contributed by atoms with Crippen molar-refractivity contribution in [2.24, 2.45) is 13.0 Å². The number of aliphatic hydroxyl groups is 1. The van der Waals surface area contributed by atoms with E-state index in [9.17, 15) is 9.90 Å². The number of rotatable bonds is 5. The fraction of sp³-hybridized carbons (Fsp3) is 0.552. The zero-order valence-electron chi connectivity index (χ0n) is 24.1. The van der Waals surface area contributed by atoms with Crippen molar-refractivity contribution in [3.8, 4) is 5.75 Å². The highest BCUT2D eigenvalue weighted by atomic mass is 35.5. The molecule has 1 saturated carbocycles. The summed E-state index contributed by atoms with van der Waals surface area (Å²) in [5.74, 6) is -2.63. The number of alkyl halides is 2. The quantitative estimate of drug-likeness (QED) is 0.400. The van der Waals surface area contributed by atoms with Gasteiger partial charge in [-0.1, -0.05) is 11.6 Å². The number of benzene rings is 1. The molecular weight excluding hydrogens is 568 g/mol. The number of aryl methyl sites for hydroxylation is 1. The molecule has 13 heteroatoms. The second-order valence-corrected chi connectivity index (χ2v) is 12.8. The molecule has 226 valence electrons. The van der Waals surface area contributed by atoms with Crippen molar-refractivity contribution in [2.45, 2.75) is 57.2 Å². The first-order valence-electron chi connectivity index (χ1n) is 14.2. The molecule has 0 bridgehead atoms. The van der Waals surface area contributed by atoms with Crippen molar-refractivity contribution in [1.82, 2.24) is 19.9 Å². The van der Waals surface area contributed by atoms with Gasteiger partial charge in [0.1, 0.15) is 5.02 Å². The van der Waals surface area contributed by atoms with Crippen LogP contribution in [0.1, 0.15) is 33.6 Å². The molecule has 3 aliphatic rings. The Kier molecular flexibility index (Phi) is 7.22. The Labute approximate surface area is 247 Å². The number of hydrogen-bond acceptors (Lipinski definition) is 9. The summed E-state index contributed by atoms with van der Waals surface area (Å²) >= 11 is 6.51. The third-order valence-corrected chi connectivity index (χ3v) is 8.57. The SMILES string of the molecule is Cn1c(=O)c2c(c3cc(Nc4nc(N5CCNC[C@@H]5CO)ncc4Cl)ccc31)N(C(C)(C)C)[C@@H](C1CC1)C(F)(F)CO2. The van der Waals surface area contributed by atoms with E-state index in [1.165, 1.54) is 10.8 Å². The fourth-order valence-corrected chi connectivity index (χ4v) is 6.30. The summed E-state index contributed by atoms with van der Waals surface area (Å²) in [5, 5.41) is 17.3. The van der Waals surface area contributed by atoms with Gasteiger partial charge in [0, 0.05) is 43.3 Å². The van der Waals surface area contributed by atoms with Crippen LogP contribution in [0.3, 0.4) is 0 Å². The summed E-state index contributed by atoms with van der Waals surface area (Å²) in [6.07, 6.45) is 2.92. The summed E-state index contributed by atoms with van der Waals surface area (Å²) in [6.45, 7) is 6.71. The summed E-state index contributed by atoms with van der Waals surface area (Å²) in [4.78, 5) is 26.2. The van der Waals surface area contributed by atoms with Crippen molar-refractivity contribution < 1.29 is 18.6 Å². The van der Waals surface area contributed by atoms with Crippen LogP contribution in [0.4, 0.5) is 31.9 Å². The van der Waals surface area contributed by atoms with Crippen molar-refractivity contribution in [3.63, 3.8) is 0 Å². The van der Waals surface area contributed by atoms with Crippen LogP contribution in [0, 0.1) is 5.92 Å². The first kappa shape index (κ1) is 28.9. The largest absolute Gasteiger partial charge is 0.480 e. The predicted octanol–water partition coefficient (Wildman–Crippen LogP) is 3.91. The Morgan fingerprint density at radius 1 is 1.29 bits per heavy atom. The number of halogens is 3. The minimum atomic E-state index is -3.15. The van der Waals surface area contributed by atoms with Crippen LogP contribution in [0.2, 0.25) is 5.02 Å². The van der Waals surface area contributed by atoms with E-state index < -0.39 is 29.7 Å². The maximum Gasteiger partial charge on any atom is 0.301 e. The normalized spacial score (nSPS) is 22.5. The number of ether oxygens (including phenoxy) is 1. The van der Waals surface area contributed by atoms with Gasteiger partial charge in [0.25, 0.3) is 5.56 Å². The number of nitrogens with zero attached hydrogens (tertiary/aromatic N) is 5. The second kappa shape index (κ2) is 10.5. The molecule has 2 aliphatic heterocycles. The number of piperazine rings is 1. The summed E-state index contributed by atoms with van der Waals surface area (Å²) in [5.41, 5.74) is 0.362. The molecule has 0 radical (unpaired) electrons. The average Bonchev–Trinajstić information content (AvgIpc) is 3.79. The summed E-state index contributed by atoms with van der Waals surface area (Å²) < 4.78 is 38.5. The molecule has 3 aromatic rings. The molecule has 4 heterocycles. The van der Waals surface area contributed by atoms with Crippen molar-refractivity contribution in [1.29, 1.82) is 0 Å². The minimum absolute atomic E-state index is 0.0521. The maximum atomic E-state index is 15.7.